The molecule has 0 radical (unpaired) electrons. The van der Waals surface area contributed by atoms with Crippen molar-refractivity contribution in [2.24, 2.45) is 0 Å². The van der Waals surface area contributed by atoms with Crippen LogP contribution in [0.15, 0.2) is 6.20 Å². The minimum absolute atomic E-state index is 0. The van der Waals surface area contributed by atoms with Crippen LogP contribution in [0.1, 0.15) is 5.82 Å². The summed E-state index contributed by atoms with van der Waals surface area (Å²) in [4.78, 5) is 35.2. The Balaban J connectivity index is -0.000000141. The molecule has 0 unspecified atom stereocenters. The van der Waals surface area contributed by atoms with E-state index in [0.29, 0.717) is 5.82 Å². The number of aryl methyl sites for hydroxylation is 1. The van der Waals surface area contributed by atoms with Gasteiger partial charge in [0.05, 0.1) is 6.61 Å². The maximum absolute atomic E-state index is 10.4. The number of aliphatic hydroxyl groups is 1. The Bertz CT molecular complexity index is 428. The molecule has 1 rings (SSSR count). The number of nitrogens with zero attached hydrogens (tertiary/aromatic N) is 3. The number of hydrogen-bond acceptors (Lipinski definition) is 5. The van der Waals surface area contributed by atoms with Crippen molar-refractivity contribution in [3.63, 3.8) is 0 Å². The quantitative estimate of drug-likeness (QED) is 0.195. The Hall–Kier alpha value is 0.640. The molecule has 1 aromatic rings. The summed E-state index contributed by atoms with van der Waals surface area (Å²) in [6, 6.07) is 0. The van der Waals surface area contributed by atoms with Gasteiger partial charge >= 0.3 is 72.8 Å². The average Bonchev–Trinajstić information content (AvgIpc) is 2.46. The molecule has 0 fully saturated rings. The first kappa shape index (κ1) is 28.8. The summed E-state index contributed by atoms with van der Waals surface area (Å²) in [5.74, 6) is 0.456. The van der Waals surface area contributed by atoms with E-state index in [1.807, 2.05) is 0 Å². The van der Waals surface area contributed by atoms with Crippen molar-refractivity contribution < 1.29 is 34.8 Å². The van der Waals surface area contributed by atoms with Crippen molar-refractivity contribution in [2.45, 2.75) is 13.5 Å². The van der Waals surface area contributed by atoms with Crippen LogP contribution in [0.2, 0.25) is 0 Å². The van der Waals surface area contributed by atoms with Gasteiger partial charge in [0.25, 0.3) is 0 Å². The van der Waals surface area contributed by atoms with Crippen LogP contribution in [0.5, 0.6) is 0 Å². The van der Waals surface area contributed by atoms with Crippen LogP contribution in [0.25, 0.3) is 0 Å². The summed E-state index contributed by atoms with van der Waals surface area (Å²) in [6.07, 6.45) is 1.19. The van der Waals surface area contributed by atoms with Crippen LogP contribution in [-0.2, 0) is 11.1 Å². The number of rotatable bonds is 3. The molecule has 20 heavy (non-hydrogen) atoms. The first-order valence-electron chi connectivity index (χ1n) is 4.22. The van der Waals surface area contributed by atoms with E-state index in [4.69, 9.17) is 24.4 Å². The Labute approximate surface area is 158 Å². The predicted octanol–water partition coefficient (Wildman–Crippen LogP) is -2.96. The summed E-state index contributed by atoms with van der Waals surface area (Å²) in [5, 5.41) is 19.0. The molecule has 0 aliphatic rings. The molecule has 0 aromatic carbocycles. The molecule has 0 spiro atoms. The van der Waals surface area contributed by atoms with E-state index >= 15 is 0 Å². The second kappa shape index (κ2) is 13.3. The fourth-order valence-corrected chi connectivity index (χ4v) is 0.978. The molecule has 0 bridgehead atoms. The van der Waals surface area contributed by atoms with E-state index in [0.717, 1.165) is 0 Å². The molecule has 0 aliphatic carbocycles. The van der Waals surface area contributed by atoms with Crippen molar-refractivity contribution >= 4 is 72.8 Å². The summed E-state index contributed by atoms with van der Waals surface area (Å²) < 4.78 is 10.2. The second-order valence-electron chi connectivity index (χ2n) is 2.81. The van der Waals surface area contributed by atoms with Gasteiger partial charge in [0.15, 0.2) is 5.82 Å². The van der Waals surface area contributed by atoms with E-state index in [2.05, 4.69) is 4.98 Å². The number of aliphatic hydroxyl groups excluding tert-OH is 1. The second-order valence-corrected chi connectivity index (χ2v) is 3.84. The summed E-state index contributed by atoms with van der Waals surface area (Å²) >= 11 is 0. The van der Waals surface area contributed by atoms with Gasteiger partial charge in [-0.05, 0) is 4.92 Å². The monoisotopic (exact) mass is 335 g/mol. The summed E-state index contributed by atoms with van der Waals surface area (Å²) in [5.41, 5.74) is 0. The molecule has 0 aliphatic heterocycles. The number of phosphoric acid groups is 1. The Morgan fingerprint density at radius 3 is 2.10 bits per heavy atom. The predicted molar refractivity (Wildman–Crippen MR) is 72.9 cm³/mol. The zero-order valence-corrected chi connectivity index (χ0v) is 10.2. The van der Waals surface area contributed by atoms with E-state index in [1.54, 1.807) is 6.92 Å². The maximum atomic E-state index is 10.4. The first-order chi connectivity index (χ1) is 7.66. The van der Waals surface area contributed by atoms with Gasteiger partial charge in [-0.1, -0.05) is 0 Å². The zero-order valence-electron chi connectivity index (χ0n) is 9.29. The van der Waals surface area contributed by atoms with Gasteiger partial charge in [-0.15, -0.1) is 0 Å². The van der Waals surface area contributed by atoms with E-state index in [1.165, 1.54) is 10.8 Å². The molecule has 0 amide bonds. The van der Waals surface area contributed by atoms with E-state index in [-0.39, 0.29) is 83.6 Å². The average molecular weight is 335 g/mol. The summed E-state index contributed by atoms with van der Waals surface area (Å²) in [6.45, 7) is 1.74. The molecule has 1 heterocycles. The molecule has 0 saturated carbocycles. The molecule has 1 aromatic heterocycles. The van der Waals surface area contributed by atoms with Crippen LogP contribution in [0.4, 0.5) is 5.82 Å². The van der Waals surface area contributed by atoms with Gasteiger partial charge in [-0.3, -0.25) is 0 Å². The van der Waals surface area contributed by atoms with E-state index < -0.39 is 12.7 Å². The SMILES string of the molecule is Cc1ncc([N+](=O)[O-])n1CCO.O.O=P(O)(O)O.[NaH].[NaH]. The van der Waals surface area contributed by atoms with Crippen molar-refractivity contribution in [1.29, 1.82) is 0 Å². The third kappa shape index (κ3) is 13.6. The van der Waals surface area contributed by atoms with Crippen molar-refractivity contribution in [1.82, 2.24) is 9.55 Å². The van der Waals surface area contributed by atoms with Crippen molar-refractivity contribution in [3.05, 3.63) is 22.1 Å². The molecule has 6 N–H and O–H groups in total. The zero-order chi connectivity index (χ0) is 13.6. The fraction of sp³-hybridized carbons (Fsp3) is 0.500. The third-order valence-corrected chi connectivity index (χ3v) is 1.54. The van der Waals surface area contributed by atoms with Crippen LogP contribution < -0.4 is 0 Å². The van der Waals surface area contributed by atoms with Gasteiger partial charge in [0.1, 0.15) is 12.7 Å². The molecule has 0 atom stereocenters. The molecular formula is C6H16N3Na2O8P. The first-order valence-corrected chi connectivity index (χ1v) is 5.79. The standard InChI is InChI=1S/C6H9N3O3.2Na.H3O4P.H2O.2H/c1-5-7-4-6(9(11)12)8(5)2-3-10;;;1-5(2,3)4;;;/h4,10H,2-3H2,1H3;;;(H3,1,2,3,4);1H2;;. The third-order valence-electron chi connectivity index (χ3n) is 1.54. The van der Waals surface area contributed by atoms with Crippen LogP contribution >= 0.6 is 7.82 Å². The Morgan fingerprint density at radius 2 is 1.80 bits per heavy atom. The molecular weight excluding hydrogens is 319 g/mol. The van der Waals surface area contributed by atoms with Gasteiger partial charge in [-0.2, -0.15) is 0 Å². The molecule has 11 nitrogen and oxygen atoms in total. The van der Waals surface area contributed by atoms with E-state index in [9.17, 15) is 10.1 Å². The number of imidazole rings is 1. The normalized spacial score (nSPS) is 9.05. The fourth-order valence-electron chi connectivity index (χ4n) is 0.978. The summed E-state index contributed by atoms with van der Waals surface area (Å²) in [7, 11) is -4.64. The van der Waals surface area contributed by atoms with Crippen LogP contribution in [0, 0.1) is 17.0 Å². The molecule has 110 valence electrons. The van der Waals surface area contributed by atoms with Crippen molar-refractivity contribution in [3.8, 4) is 0 Å². The topological polar surface area (TPSA) is 190 Å². The number of aromatic nitrogens is 2. The minimum atomic E-state index is -4.64. The van der Waals surface area contributed by atoms with Gasteiger partial charge in [-0.25, -0.2) is 14.1 Å². The van der Waals surface area contributed by atoms with Gasteiger partial charge < -0.3 is 35.4 Å². The number of nitro groups is 1. The number of hydrogen-bond donors (Lipinski definition) is 4. The molecule has 0 saturated heterocycles. The Kier molecular flexibility index (Phi) is 19.1. The molecule has 14 heteroatoms. The van der Waals surface area contributed by atoms with Gasteiger partial charge in [0.2, 0.25) is 0 Å². The van der Waals surface area contributed by atoms with Crippen LogP contribution in [-0.4, -0.2) is 105 Å². The van der Waals surface area contributed by atoms with Crippen LogP contribution in [0.3, 0.4) is 0 Å². The Morgan fingerprint density at radius 1 is 1.40 bits per heavy atom. The van der Waals surface area contributed by atoms with Crippen molar-refractivity contribution in [2.75, 3.05) is 6.61 Å². The van der Waals surface area contributed by atoms with Gasteiger partial charge in [0, 0.05) is 6.92 Å².